The lowest BCUT2D eigenvalue weighted by molar-refractivity contribution is 0.134. The van der Waals surface area contributed by atoms with E-state index in [0.717, 1.165) is 18.4 Å². The van der Waals surface area contributed by atoms with Crippen LogP contribution in [-0.2, 0) is 30.8 Å². The summed E-state index contributed by atoms with van der Waals surface area (Å²) in [5, 5.41) is 9.83. The first-order chi connectivity index (χ1) is 6.77. The van der Waals surface area contributed by atoms with Crippen LogP contribution < -0.4 is 0 Å². The van der Waals surface area contributed by atoms with Crippen molar-refractivity contribution in [3.8, 4) is 5.75 Å². The summed E-state index contributed by atoms with van der Waals surface area (Å²) in [6.07, 6.45) is 1.84. The highest BCUT2D eigenvalue weighted by Gasteiger charge is 2.20. The molecule has 0 saturated carbocycles. The van der Waals surface area contributed by atoms with Gasteiger partial charge in [-0.25, -0.2) is 0 Å². The normalized spacial score (nSPS) is 14.4. The van der Waals surface area contributed by atoms with Gasteiger partial charge in [0.1, 0.15) is 5.75 Å². The number of phenolic OH excluding ortho intramolecular Hbond substituents is 1. The van der Waals surface area contributed by atoms with E-state index < -0.39 is 0 Å². The van der Waals surface area contributed by atoms with E-state index >= 15 is 0 Å². The zero-order valence-electron chi connectivity index (χ0n) is 8.76. The molecule has 0 spiro atoms. The molecule has 0 radical (unpaired) electrons. The van der Waals surface area contributed by atoms with Crippen LogP contribution in [-0.4, -0.2) is 5.11 Å². The predicted molar refractivity (Wildman–Crippen MR) is 55.4 cm³/mol. The number of hydrogen-bond acceptors (Lipinski definition) is 2. The summed E-state index contributed by atoms with van der Waals surface area (Å²) in [4.78, 5) is 0. The molecule has 1 heterocycles. The van der Waals surface area contributed by atoms with Crippen LogP contribution in [0.2, 0.25) is 0 Å². The third-order valence-corrected chi connectivity index (χ3v) is 2.96. The van der Waals surface area contributed by atoms with Gasteiger partial charge < -0.3 is 9.84 Å². The van der Waals surface area contributed by atoms with Gasteiger partial charge in [-0.05, 0) is 41.2 Å². The lowest BCUT2D eigenvalue weighted by atomic mass is 9.94. The first-order valence-electron chi connectivity index (χ1n) is 5.21. The van der Waals surface area contributed by atoms with Crippen molar-refractivity contribution in [2.75, 3.05) is 0 Å². The molecule has 14 heavy (non-hydrogen) atoms. The fraction of sp³-hybridized carbons (Fsp3) is 0.500. The monoisotopic (exact) mass is 192 g/mol. The van der Waals surface area contributed by atoms with Gasteiger partial charge >= 0.3 is 0 Å². The van der Waals surface area contributed by atoms with E-state index in [1.807, 2.05) is 6.07 Å². The number of hydrogen-bond donors (Lipinski definition) is 1. The molecular weight excluding hydrogens is 176 g/mol. The second-order valence-corrected chi connectivity index (χ2v) is 3.69. The number of fused-ring (bicyclic) bond motifs is 1. The van der Waals surface area contributed by atoms with Gasteiger partial charge in [0.15, 0.2) is 0 Å². The quantitative estimate of drug-likeness (QED) is 0.780. The van der Waals surface area contributed by atoms with E-state index in [-0.39, 0.29) is 0 Å². The van der Waals surface area contributed by atoms with Gasteiger partial charge in [0, 0.05) is 0 Å². The van der Waals surface area contributed by atoms with Crippen molar-refractivity contribution in [2.24, 2.45) is 0 Å². The van der Waals surface area contributed by atoms with E-state index in [1.54, 1.807) is 0 Å². The fourth-order valence-corrected chi connectivity index (χ4v) is 2.19. The average Bonchev–Trinajstić information content (AvgIpc) is 2.65. The van der Waals surface area contributed by atoms with Crippen LogP contribution in [0.3, 0.4) is 0 Å². The molecule has 1 aromatic carbocycles. The van der Waals surface area contributed by atoms with Crippen LogP contribution in [0, 0.1) is 0 Å². The summed E-state index contributed by atoms with van der Waals surface area (Å²) in [6.45, 7) is 5.56. The zero-order chi connectivity index (χ0) is 10.1. The van der Waals surface area contributed by atoms with Crippen molar-refractivity contribution in [1.29, 1.82) is 0 Å². The third-order valence-electron chi connectivity index (χ3n) is 2.96. The first kappa shape index (κ1) is 9.53. The molecule has 0 amide bonds. The smallest absolute Gasteiger partial charge is 0.119 e. The Hall–Kier alpha value is -1.02. The molecule has 1 aliphatic heterocycles. The summed E-state index contributed by atoms with van der Waals surface area (Å²) < 4.78 is 5.44. The minimum atomic E-state index is 0.439. The Labute approximate surface area is 84.5 Å². The maximum Gasteiger partial charge on any atom is 0.119 e. The Morgan fingerprint density at radius 3 is 2.57 bits per heavy atom. The lowest BCUT2D eigenvalue weighted by Crippen LogP contribution is -1.97. The van der Waals surface area contributed by atoms with E-state index in [2.05, 4.69) is 13.8 Å². The first-order valence-corrected chi connectivity index (χ1v) is 5.21. The molecule has 1 aliphatic rings. The Balaban J connectivity index is 2.61. The molecule has 0 atom stereocenters. The van der Waals surface area contributed by atoms with Crippen molar-refractivity contribution in [1.82, 2.24) is 0 Å². The summed E-state index contributed by atoms with van der Waals surface area (Å²) in [5.41, 5.74) is 4.83. The minimum Gasteiger partial charge on any atom is -0.508 e. The van der Waals surface area contributed by atoms with Crippen LogP contribution in [0.15, 0.2) is 6.07 Å². The lowest BCUT2D eigenvalue weighted by Gasteiger charge is -2.11. The Bertz CT molecular complexity index is 356. The zero-order valence-corrected chi connectivity index (χ0v) is 8.76. The van der Waals surface area contributed by atoms with Crippen LogP contribution in [0.4, 0.5) is 0 Å². The molecule has 76 valence electrons. The predicted octanol–water partition coefficient (Wildman–Crippen LogP) is 2.55. The Morgan fingerprint density at radius 2 is 1.93 bits per heavy atom. The van der Waals surface area contributed by atoms with Gasteiger partial charge in [-0.15, -0.1) is 0 Å². The van der Waals surface area contributed by atoms with Gasteiger partial charge in [-0.2, -0.15) is 0 Å². The molecule has 0 bridgehead atoms. The van der Waals surface area contributed by atoms with Crippen LogP contribution in [0.25, 0.3) is 0 Å². The minimum absolute atomic E-state index is 0.439. The molecular formula is C12H16O2. The highest BCUT2D eigenvalue weighted by Crippen LogP contribution is 2.33. The number of benzene rings is 1. The molecule has 1 N–H and O–H groups in total. The number of phenols is 1. The van der Waals surface area contributed by atoms with E-state index in [4.69, 9.17) is 4.74 Å². The highest BCUT2D eigenvalue weighted by atomic mass is 16.5. The molecule has 2 nitrogen and oxygen atoms in total. The summed E-state index contributed by atoms with van der Waals surface area (Å²) >= 11 is 0. The molecule has 0 aliphatic carbocycles. The maximum atomic E-state index is 9.83. The molecule has 0 aromatic heterocycles. The van der Waals surface area contributed by atoms with Crippen molar-refractivity contribution in [3.63, 3.8) is 0 Å². The molecule has 2 rings (SSSR count). The molecule has 0 fully saturated rings. The number of aromatic hydroxyl groups is 1. The van der Waals surface area contributed by atoms with E-state index in [9.17, 15) is 5.11 Å². The number of aryl methyl sites for hydroxylation is 1. The number of rotatable bonds is 2. The topological polar surface area (TPSA) is 29.5 Å². The van der Waals surface area contributed by atoms with Crippen LogP contribution >= 0.6 is 0 Å². The molecule has 0 unspecified atom stereocenters. The van der Waals surface area contributed by atoms with Crippen molar-refractivity contribution >= 4 is 0 Å². The highest BCUT2D eigenvalue weighted by molar-refractivity contribution is 5.50. The fourth-order valence-electron chi connectivity index (χ4n) is 2.19. The molecule has 2 heteroatoms. The Morgan fingerprint density at radius 1 is 1.21 bits per heavy atom. The Kier molecular flexibility index (Phi) is 2.46. The van der Waals surface area contributed by atoms with Gasteiger partial charge in [-0.1, -0.05) is 13.8 Å². The average molecular weight is 192 g/mol. The largest absolute Gasteiger partial charge is 0.508 e. The van der Waals surface area contributed by atoms with Crippen LogP contribution in [0.5, 0.6) is 5.75 Å². The number of ether oxygens (including phenoxy) is 1. The van der Waals surface area contributed by atoms with Gasteiger partial charge in [0.05, 0.1) is 13.2 Å². The standard InChI is InChI=1S/C12H16O2/c1-3-8-5-12(13)9(4-2)11-7-14-6-10(8)11/h5,13H,3-4,6-7H2,1-2H3. The summed E-state index contributed by atoms with van der Waals surface area (Å²) in [6, 6.07) is 1.90. The van der Waals surface area contributed by atoms with E-state index in [1.165, 1.54) is 16.7 Å². The maximum absolute atomic E-state index is 9.83. The summed E-state index contributed by atoms with van der Waals surface area (Å²) in [5.74, 6) is 0.439. The van der Waals surface area contributed by atoms with Crippen LogP contribution in [0.1, 0.15) is 36.1 Å². The van der Waals surface area contributed by atoms with Crippen molar-refractivity contribution in [2.45, 2.75) is 39.9 Å². The third kappa shape index (κ3) is 1.30. The summed E-state index contributed by atoms with van der Waals surface area (Å²) in [7, 11) is 0. The SMILES string of the molecule is CCc1cc(O)c(CC)c2c1COC2. The van der Waals surface area contributed by atoms with Gasteiger partial charge in [0.2, 0.25) is 0 Å². The molecule has 0 saturated heterocycles. The second-order valence-electron chi connectivity index (χ2n) is 3.69. The van der Waals surface area contributed by atoms with Gasteiger partial charge in [-0.3, -0.25) is 0 Å². The molecule has 1 aromatic rings. The van der Waals surface area contributed by atoms with E-state index in [0.29, 0.717) is 19.0 Å². The second kappa shape index (κ2) is 3.62. The van der Waals surface area contributed by atoms with Gasteiger partial charge in [0.25, 0.3) is 0 Å². The van der Waals surface area contributed by atoms with Crippen molar-refractivity contribution in [3.05, 3.63) is 28.3 Å². The van der Waals surface area contributed by atoms with Crippen molar-refractivity contribution < 1.29 is 9.84 Å².